The zero-order valence-electron chi connectivity index (χ0n) is 3.89. The maximum absolute atomic E-state index is 8.00. The molecule has 0 aliphatic carbocycles. The Morgan fingerprint density at radius 1 is 2.00 bits per heavy atom. The summed E-state index contributed by atoms with van der Waals surface area (Å²) in [5.74, 6) is 0. The lowest BCUT2D eigenvalue weighted by Gasteiger charge is -1.99. The highest BCUT2D eigenvalue weighted by atomic mass is 16.3. The second-order valence-corrected chi connectivity index (χ2v) is 0.836. The molecule has 2 nitrogen and oxygen atoms in total. The first-order valence-electron chi connectivity index (χ1n) is 1.39. The van der Waals surface area contributed by atoms with E-state index in [1.165, 1.54) is 0 Å². The summed E-state index contributed by atoms with van der Waals surface area (Å²) in [6.45, 7) is 2.81. The van der Waals surface area contributed by atoms with Crippen LogP contribution in [0.15, 0.2) is 0 Å². The third-order valence-corrected chi connectivity index (χ3v) is 0.211. The van der Waals surface area contributed by atoms with E-state index in [1.807, 2.05) is 0 Å². The lowest BCUT2D eigenvalue weighted by Crippen LogP contribution is -2.04. The van der Waals surface area contributed by atoms with E-state index < -0.39 is 6.10 Å². The molecular weight excluding hydrogens is 68.0 g/mol. The van der Waals surface area contributed by atoms with Gasteiger partial charge in [0.25, 0.3) is 0 Å². The summed E-state index contributed by atoms with van der Waals surface area (Å²) >= 11 is 0. The van der Waals surface area contributed by atoms with Crippen molar-refractivity contribution >= 4 is 0 Å². The van der Waals surface area contributed by atoms with Crippen molar-refractivity contribution in [2.75, 3.05) is 6.61 Å². The first-order chi connectivity index (χ1) is 2.27. The van der Waals surface area contributed by atoms with Crippen LogP contribution >= 0.6 is 0 Å². The molecule has 0 bridgehead atoms. The number of aliphatic hydroxyl groups excluding tert-OH is 2. The maximum atomic E-state index is 8.00. The van der Waals surface area contributed by atoms with Crippen LogP contribution in [0.25, 0.3) is 0 Å². The Morgan fingerprint density at radius 2 is 2.20 bits per heavy atom. The molecule has 0 aliphatic heterocycles. The number of rotatable bonds is 1. The molecule has 1 atom stereocenters. The van der Waals surface area contributed by atoms with Crippen molar-refractivity contribution in [1.82, 2.24) is 0 Å². The normalized spacial score (nSPS) is 15.0. The summed E-state index contributed by atoms with van der Waals surface area (Å²) in [6.07, 6.45) is -0.810. The van der Waals surface area contributed by atoms with E-state index in [0.717, 1.165) is 0 Å². The molecule has 0 aromatic carbocycles. The zero-order chi connectivity index (χ0) is 4.28. The van der Waals surface area contributed by atoms with Crippen LogP contribution in [0.4, 0.5) is 0 Å². The Morgan fingerprint density at radius 3 is 2.20 bits per heavy atom. The highest BCUT2D eigenvalue weighted by molar-refractivity contribution is 4.49. The molecule has 0 aromatic rings. The number of aliphatic hydroxyl groups is 2. The fraction of sp³-hybridized carbons (Fsp3) is 0.667. The standard InChI is InChI=1S/C3H7O2/c1-3(5)2-4/h3-5H,1-2H2/q-1/p+1/t3-/m1/s1. The lowest BCUT2D eigenvalue weighted by atomic mass is 10.5. The van der Waals surface area contributed by atoms with Gasteiger partial charge in [-0.25, -0.2) is 0 Å². The van der Waals surface area contributed by atoms with Crippen LogP contribution < -0.4 is 0 Å². The third kappa shape index (κ3) is 3.92. The second-order valence-electron chi connectivity index (χ2n) is 0.836. The summed E-state index contributed by atoms with van der Waals surface area (Å²) < 4.78 is 0. The van der Waals surface area contributed by atoms with E-state index in [-0.39, 0.29) is 8.03 Å². The van der Waals surface area contributed by atoms with Gasteiger partial charge in [0, 0.05) is 6.61 Å². The molecule has 0 aliphatic rings. The third-order valence-electron chi connectivity index (χ3n) is 0.211. The van der Waals surface area contributed by atoms with E-state index in [4.69, 9.17) is 10.2 Å². The van der Waals surface area contributed by atoms with Crippen LogP contribution in [-0.2, 0) is 0 Å². The highest BCUT2D eigenvalue weighted by Crippen LogP contribution is 1.67. The fourth-order valence-corrected chi connectivity index (χ4v) is 0. The van der Waals surface area contributed by atoms with Gasteiger partial charge >= 0.3 is 1.43 Å². The molecule has 0 saturated carbocycles. The van der Waals surface area contributed by atoms with Gasteiger partial charge < -0.3 is 17.1 Å². The van der Waals surface area contributed by atoms with Gasteiger partial charge in [-0.3, -0.25) is 0 Å². The molecule has 0 radical (unpaired) electrons. The first kappa shape index (κ1) is 4.92. The van der Waals surface area contributed by atoms with E-state index in [0.29, 0.717) is 0 Å². The van der Waals surface area contributed by atoms with Crippen LogP contribution in [0.5, 0.6) is 0 Å². The molecule has 5 heavy (non-hydrogen) atoms. The Kier molecular flexibility index (Phi) is 2.14. The minimum atomic E-state index is -0.810. The lowest BCUT2D eigenvalue weighted by molar-refractivity contribution is 0.129. The molecule has 0 unspecified atom stereocenters. The average molecular weight is 76.1 g/mol. The molecule has 0 spiro atoms. The van der Waals surface area contributed by atoms with Crippen molar-refractivity contribution in [1.29, 1.82) is 0 Å². The number of hydrogen-bond donors (Lipinski definition) is 2. The van der Waals surface area contributed by atoms with Crippen LogP contribution in [0, 0.1) is 6.92 Å². The van der Waals surface area contributed by atoms with Crippen molar-refractivity contribution in [3.8, 4) is 0 Å². The Hall–Kier alpha value is -0.0800. The van der Waals surface area contributed by atoms with Crippen LogP contribution in [0.2, 0.25) is 0 Å². The quantitative estimate of drug-likeness (QED) is 0.405. The molecule has 0 amide bonds. The van der Waals surface area contributed by atoms with E-state index in [1.54, 1.807) is 0 Å². The molecular formula is C3H8O2. The minimum Gasteiger partial charge on any atom is -0.423 e. The van der Waals surface area contributed by atoms with Crippen molar-refractivity contribution in [3.63, 3.8) is 0 Å². The second kappa shape index (κ2) is 2.18. The average Bonchev–Trinajstić information content (AvgIpc) is 1.38. The maximum Gasteiger partial charge on any atom is 1.00 e. The van der Waals surface area contributed by atoms with E-state index >= 15 is 0 Å². The highest BCUT2D eigenvalue weighted by Gasteiger charge is 1.73. The molecule has 0 fully saturated rings. The van der Waals surface area contributed by atoms with Crippen LogP contribution in [0.1, 0.15) is 1.43 Å². The first-order valence-corrected chi connectivity index (χ1v) is 1.39. The fourth-order valence-electron chi connectivity index (χ4n) is 0. The van der Waals surface area contributed by atoms with E-state index in [2.05, 4.69) is 6.92 Å². The van der Waals surface area contributed by atoms with Crippen LogP contribution in [-0.4, -0.2) is 22.9 Å². The summed E-state index contributed by atoms with van der Waals surface area (Å²) in [7, 11) is 0. The SMILES string of the molecule is [CH2-][C@@H](O)CO.[H+]. The zero-order valence-corrected chi connectivity index (χ0v) is 2.89. The molecule has 32 valence electrons. The molecule has 0 rings (SSSR count). The van der Waals surface area contributed by atoms with Crippen LogP contribution in [0.3, 0.4) is 0 Å². The topological polar surface area (TPSA) is 40.5 Å². The summed E-state index contributed by atoms with van der Waals surface area (Å²) in [4.78, 5) is 0. The Bertz CT molecular complexity index is 22.8. The summed E-state index contributed by atoms with van der Waals surface area (Å²) in [6, 6.07) is 0. The van der Waals surface area contributed by atoms with Gasteiger partial charge in [0.2, 0.25) is 0 Å². The van der Waals surface area contributed by atoms with Gasteiger partial charge in [-0.15, -0.1) is 0 Å². The molecule has 0 saturated heterocycles. The Labute approximate surface area is 32.5 Å². The van der Waals surface area contributed by atoms with Crippen molar-refractivity contribution in [2.24, 2.45) is 0 Å². The monoisotopic (exact) mass is 76.1 g/mol. The van der Waals surface area contributed by atoms with Crippen molar-refractivity contribution < 1.29 is 11.6 Å². The molecule has 0 heterocycles. The minimum absolute atomic E-state index is 0. The Balaban J connectivity index is 0. The van der Waals surface area contributed by atoms with Gasteiger partial charge in [0.05, 0.1) is 0 Å². The van der Waals surface area contributed by atoms with Crippen molar-refractivity contribution in [2.45, 2.75) is 6.10 Å². The molecule has 2 N–H and O–H groups in total. The number of hydrogen-bond acceptors (Lipinski definition) is 2. The molecule has 0 aromatic heterocycles. The van der Waals surface area contributed by atoms with Crippen molar-refractivity contribution in [3.05, 3.63) is 6.92 Å². The predicted molar refractivity (Wildman–Crippen MR) is 19.6 cm³/mol. The predicted octanol–water partition coefficient (Wildman–Crippen LogP) is -0.714. The van der Waals surface area contributed by atoms with Gasteiger partial charge in [-0.05, 0) is 6.10 Å². The van der Waals surface area contributed by atoms with E-state index in [9.17, 15) is 0 Å². The van der Waals surface area contributed by atoms with Gasteiger partial charge in [-0.1, -0.05) is 0 Å². The summed E-state index contributed by atoms with van der Waals surface area (Å²) in [5.41, 5.74) is 0. The smallest absolute Gasteiger partial charge is 0.423 e. The van der Waals surface area contributed by atoms with Gasteiger partial charge in [0.1, 0.15) is 0 Å². The van der Waals surface area contributed by atoms with Gasteiger partial charge in [0.15, 0.2) is 0 Å². The molecule has 2 heteroatoms. The summed E-state index contributed by atoms with van der Waals surface area (Å²) in [5, 5.41) is 15.8. The largest absolute Gasteiger partial charge is 1.00 e. The van der Waals surface area contributed by atoms with Gasteiger partial charge in [-0.2, -0.15) is 0 Å².